The second kappa shape index (κ2) is 5.93. The molecule has 5 heteroatoms. The topological polar surface area (TPSA) is 46.2 Å². The van der Waals surface area contributed by atoms with Crippen molar-refractivity contribution < 1.29 is 8.42 Å². The summed E-state index contributed by atoms with van der Waals surface area (Å²) in [6.45, 7) is 0.561. The third-order valence-electron chi connectivity index (χ3n) is 2.28. The fourth-order valence-electron chi connectivity index (χ4n) is 1.28. The summed E-state index contributed by atoms with van der Waals surface area (Å²) in [6.07, 6.45) is 5.00. The Morgan fingerprint density at radius 1 is 1.21 bits per heavy atom. The van der Waals surface area contributed by atoms with Gasteiger partial charge in [0.05, 0.1) is 5.75 Å². The summed E-state index contributed by atoms with van der Waals surface area (Å²) in [6, 6.07) is 0. The van der Waals surface area contributed by atoms with Crippen molar-refractivity contribution in [3.05, 3.63) is 0 Å². The summed E-state index contributed by atoms with van der Waals surface area (Å²) < 4.78 is 25.4. The maximum absolute atomic E-state index is 11.4. The van der Waals surface area contributed by atoms with E-state index in [-0.39, 0.29) is 0 Å². The molecule has 1 rings (SSSR count). The van der Waals surface area contributed by atoms with E-state index < -0.39 is 10.0 Å². The first-order valence-corrected chi connectivity index (χ1v) is 7.36. The van der Waals surface area contributed by atoms with E-state index in [9.17, 15) is 8.42 Å². The molecule has 0 atom stereocenters. The molecule has 0 amide bonds. The first-order valence-electron chi connectivity index (χ1n) is 5.17. The lowest BCUT2D eigenvalue weighted by Gasteiger charge is -2.04. The molecule has 0 saturated heterocycles. The molecule has 0 unspecified atom stereocenters. The smallest absolute Gasteiger partial charge is 0.211 e. The van der Waals surface area contributed by atoms with Crippen LogP contribution in [-0.4, -0.2) is 26.6 Å². The molecule has 0 heterocycles. The van der Waals surface area contributed by atoms with Crippen LogP contribution in [0.25, 0.3) is 0 Å². The van der Waals surface area contributed by atoms with Gasteiger partial charge in [0, 0.05) is 12.4 Å². The Morgan fingerprint density at radius 3 is 2.50 bits per heavy atom. The van der Waals surface area contributed by atoms with Gasteiger partial charge < -0.3 is 0 Å². The number of hydrogen-bond acceptors (Lipinski definition) is 2. The van der Waals surface area contributed by atoms with Gasteiger partial charge >= 0.3 is 0 Å². The molecule has 84 valence electrons. The van der Waals surface area contributed by atoms with Crippen LogP contribution in [-0.2, 0) is 10.0 Å². The number of halogens is 1. The van der Waals surface area contributed by atoms with Gasteiger partial charge in [-0.25, -0.2) is 13.1 Å². The SMILES string of the molecule is O=S(=O)(CC1CC1)NCCCCCCl. The molecule has 1 saturated carbocycles. The van der Waals surface area contributed by atoms with E-state index in [0.29, 0.717) is 24.1 Å². The van der Waals surface area contributed by atoms with Gasteiger partial charge in [0.15, 0.2) is 0 Å². The molecule has 14 heavy (non-hydrogen) atoms. The molecular formula is C9H18ClNO2S. The Hall–Kier alpha value is 0.200. The Balaban J connectivity index is 2.03. The van der Waals surface area contributed by atoms with Crippen molar-refractivity contribution in [1.82, 2.24) is 4.72 Å². The zero-order valence-electron chi connectivity index (χ0n) is 8.34. The highest BCUT2D eigenvalue weighted by Crippen LogP contribution is 2.29. The predicted octanol–water partition coefficient (Wildman–Crippen LogP) is 1.72. The second-order valence-electron chi connectivity index (χ2n) is 3.87. The van der Waals surface area contributed by atoms with E-state index in [1.54, 1.807) is 0 Å². The Kier molecular flexibility index (Phi) is 5.20. The maximum atomic E-state index is 11.4. The number of unbranched alkanes of at least 4 members (excludes halogenated alkanes) is 2. The van der Waals surface area contributed by atoms with Crippen LogP contribution in [0.1, 0.15) is 32.1 Å². The standard InChI is InChI=1S/C9H18ClNO2S/c10-6-2-1-3-7-11-14(12,13)8-9-4-5-9/h9,11H,1-8H2. The highest BCUT2D eigenvalue weighted by atomic mass is 35.5. The summed E-state index contributed by atoms with van der Waals surface area (Å²) >= 11 is 5.51. The minimum Gasteiger partial charge on any atom is -0.215 e. The number of hydrogen-bond donors (Lipinski definition) is 1. The molecule has 1 N–H and O–H groups in total. The van der Waals surface area contributed by atoms with Gasteiger partial charge in [-0.1, -0.05) is 6.42 Å². The molecule has 1 aliphatic carbocycles. The van der Waals surface area contributed by atoms with Crippen LogP contribution in [0, 0.1) is 5.92 Å². The normalized spacial score (nSPS) is 17.2. The Bertz CT molecular complexity index is 250. The third-order valence-corrected chi connectivity index (χ3v) is 4.11. The maximum Gasteiger partial charge on any atom is 0.211 e. The van der Waals surface area contributed by atoms with Crippen molar-refractivity contribution in [3.63, 3.8) is 0 Å². The highest BCUT2D eigenvalue weighted by Gasteiger charge is 2.27. The van der Waals surface area contributed by atoms with E-state index >= 15 is 0 Å². The fraction of sp³-hybridized carbons (Fsp3) is 1.00. The van der Waals surface area contributed by atoms with Gasteiger partial charge in [-0.15, -0.1) is 11.6 Å². The van der Waals surface area contributed by atoms with E-state index in [1.807, 2.05) is 0 Å². The number of alkyl halides is 1. The van der Waals surface area contributed by atoms with Crippen LogP contribution >= 0.6 is 11.6 Å². The lowest BCUT2D eigenvalue weighted by Crippen LogP contribution is -2.28. The monoisotopic (exact) mass is 239 g/mol. The molecule has 1 fully saturated rings. The van der Waals surface area contributed by atoms with Crippen LogP contribution in [0.4, 0.5) is 0 Å². The van der Waals surface area contributed by atoms with Crippen LogP contribution in [0.3, 0.4) is 0 Å². The molecule has 0 aliphatic heterocycles. The zero-order valence-corrected chi connectivity index (χ0v) is 9.91. The van der Waals surface area contributed by atoms with Gasteiger partial charge in [-0.05, 0) is 31.6 Å². The molecule has 0 aromatic rings. The summed E-state index contributed by atoms with van der Waals surface area (Å²) in [7, 11) is -2.99. The van der Waals surface area contributed by atoms with Crippen molar-refractivity contribution in [1.29, 1.82) is 0 Å². The molecule has 0 aromatic heterocycles. The van der Waals surface area contributed by atoms with E-state index in [0.717, 1.165) is 32.1 Å². The van der Waals surface area contributed by atoms with Crippen molar-refractivity contribution in [3.8, 4) is 0 Å². The number of sulfonamides is 1. The fourth-order valence-corrected chi connectivity index (χ4v) is 2.99. The first-order chi connectivity index (χ1) is 6.64. The Labute approximate surface area is 91.3 Å². The Morgan fingerprint density at radius 2 is 1.93 bits per heavy atom. The van der Waals surface area contributed by atoms with Crippen molar-refractivity contribution in [2.45, 2.75) is 32.1 Å². The second-order valence-corrected chi connectivity index (χ2v) is 6.10. The van der Waals surface area contributed by atoms with Crippen LogP contribution in [0.15, 0.2) is 0 Å². The van der Waals surface area contributed by atoms with Gasteiger partial charge in [-0.2, -0.15) is 0 Å². The highest BCUT2D eigenvalue weighted by molar-refractivity contribution is 7.89. The van der Waals surface area contributed by atoms with Gasteiger partial charge in [0.1, 0.15) is 0 Å². The van der Waals surface area contributed by atoms with Gasteiger partial charge in [0.2, 0.25) is 10.0 Å². The van der Waals surface area contributed by atoms with Gasteiger partial charge in [-0.3, -0.25) is 0 Å². The summed E-state index contributed by atoms with van der Waals surface area (Å²) in [5.41, 5.74) is 0. The summed E-state index contributed by atoms with van der Waals surface area (Å²) in [4.78, 5) is 0. The first kappa shape index (κ1) is 12.3. The third kappa shape index (κ3) is 5.83. The number of rotatable bonds is 8. The van der Waals surface area contributed by atoms with Crippen LogP contribution in [0.5, 0.6) is 0 Å². The van der Waals surface area contributed by atoms with Gasteiger partial charge in [0.25, 0.3) is 0 Å². The quantitative estimate of drug-likeness (QED) is 0.518. The van der Waals surface area contributed by atoms with E-state index in [4.69, 9.17) is 11.6 Å². The summed E-state index contributed by atoms with van der Waals surface area (Å²) in [5, 5.41) is 0. The largest absolute Gasteiger partial charge is 0.215 e. The molecule has 0 aromatic carbocycles. The molecule has 0 bridgehead atoms. The van der Waals surface area contributed by atoms with Crippen molar-refractivity contribution in [2.75, 3.05) is 18.2 Å². The molecule has 0 spiro atoms. The minimum absolute atomic E-state index is 0.322. The lowest BCUT2D eigenvalue weighted by atomic mass is 10.2. The molecular weight excluding hydrogens is 222 g/mol. The van der Waals surface area contributed by atoms with E-state index in [1.165, 1.54) is 0 Å². The zero-order chi connectivity index (χ0) is 10.4. The average Bonchev–Trinajstić information content (AvgIpc) is 2.87. The van der Waals surface area contributed by atoms with Crippen molar-refractivity contribution in [2.24, 2.45) is 5.92 Å². The summed E-state index contributed by atoms with van der Waals surface area (Å²) in [5.74, 6) is 1.41. The minimum atomic E-state index is -2.99. The number of nitrogens with one attached hydrogen (secondary N) is 1. The average molecular weight is 240 g/mol. The van der Waals surface area contributed by atoms with Crippen LogP contribution in [0.2, 0.25) is 0 Å². The molecule has 0 radical (unpaired) electrons. The van der Waals surface area contributed by atoms with Crippen molar-refractivity contribution >= 4 is 21.6 Å². The lowest BCUT2D eigenvalue weighted by molar-refractivity contribution is 0.572. The molecule has 1 aliphatic rings. The van der Waals surface area contributed by atoms with E-state index in [2.05, 4.69) is 4.72 Å². The predicted molar refractivity (Wildman–Crippen MR) is 59.1 cm³/mol. The van der Waals surface area contributed by atoms with Crippen LogP contribution < -0.4 is 4.72 Å². The molecule has 3 nitrogen and oxygen atoms in total.